The van der Waals surface area contributed by atoms with E-state index in [1.54, 1.807) is 6.08 Å². The van der Waals surface area contributed by atoms with Crippen molar-refractivity contribution >= 4 is 0 Å². The van der Waals surface area contributed by atoms with Gasteiger partial charge in [-0.05, 0) is 36.5 Å². The zero-order valence-electron chi connectivity index (χ0n) is 16.7. The van der Waals surface area contributed by atoms with Crippen molar-refractivity contribution in [1.82, 2.24) is 0 Å². The normalized spacial score (nSPS) is 30.4. The Morgan fingerprint density at radius 1 is 0.720 bits per heavy atom. The number of nitriles is 1. The van der Waals surface area contributed by atoms with Crippen molar-refractivity contribution in [3.05, 3.63) is 12.2 Å². The maximum Gasteiger partial charge on any atom is 0.0908 e. The van der Waals surface area contributed by atoms with Crippen molar-refractivity contribution in [2.24, 2.45) is 23.7 Å². The fraction of sp³-hybridized carbons (Fsp3) is 0.875. The molecule has 2 aliphatic carbocycles. The van der Waals surface area contributed by atoms with Crippen LogP contribution in [0.15, 0.2) is 12.2 Å². The van der Waals surface area contributed by atoms with E-state index in [1.165, 1.54) is 96.3 Å². The summed E-state index contributed by atoms with van der Waals surface area (Å²) in [7, 11) is 0. The van der Waals surface area contributed by atoms with Crippen LogP contribution >= 0.6 is 0 Å². The Bertz CT molecular complexity index is 389. The van der Waals surface area contributed by atoms with Crippen LogP contribution in [-0.2, 0) is 0 Å². The summed E-state index contributed by atoms with van der Waals surface area (Å²) in [6.45, 7) is 2.32. The summed E-state index contributed by atoms with van der Waals surface area (Å²) < 4.78 is 0. The molecule has 0 unspecified atom stereocenters. The van der Waals surface area contributed by atoms with Crippen molar-refractivity contribution in [3.63, 3.8) is 0 Å². The first kappa shape index (κ1) is 20.5. The van der Waals surface area contributed by atoms with Gasteiger partial charge >= 0.3 is 0 Å². The van der Waals surface area contributed by atoms with Crippen LogP contribution < -0.4 is 0 Å². The third-order valence-electron chi connectivity index (χ3n) is 7.07. The summed E-state index contributed by atoms with van der Waals surface area (Å²) in [5, 5.41) is 8.53. The van der Waals surface area contributed by atoms with Gasteiger partial charge in [0.15, 0.2) is 0 Å². The minimum Gasteiger partial charge on any atom is -0.193 e. The lowest BCUT2D eigenvalue weighted by atomic mass is 9.74. The molecule has 0 atom stereocenters. The van der Waals surface area contributed by atoms with E-state index in [2.05, 4.69) is 13.0 Å². The van der Waals surface area contributed by atoms with Crippen molar-refractivity contribution in [3.8, 4) is 6.07 Å². The number of allylic oxidation sites excluding steroid dienone is 2. The van der Waals surface area contributed by atoms with E-state index in [4.69, 9.17) is 5.26 Å². The van der Waals surface area contributed by atoms with Crippen molar-refractivity contribution in [2.75, 3.05) is 0 Å². The molecule has 0 aromatic heterocycles. The first-order chi connectivity index (χ1) is 12.3. The summed E-state index contributed by atoms with van der Waals surface area (Å²) in [4.78, 5) is 0. The lowest BCUT2D eigenvalue weighted by Crippen LogP contribution is -2.18. The third kappa shape index (κ3) is 8.44. The molecule has 2 aliphatic rings. The van der Waals surface area contributed by atoms with Crippen LogP contribution in [0.25, 0.3) is 0 Å². The number of unbranched alkanes of at least 4 members (excludes halogenated alkanes) is 2. The second kappa shape index (κ2) is 12.6. The summed E-state index contributed by atoms with van der Waals surface area (Å²) in [6.07, 6.45) is 26.8. The van der Waals surface area contributed by atoms with Crippen LogP contribution in [0.4, 0.5) is 0 Å². The van der Waals surface area contributed by atoms with E-state index >= 15 is 0 Å². The summed E-state index contributed by atoms with van der Waals surface area (Å²) in [5.41, 5.74) is 0. The number of rotatable bonds is 10. The molecular formula is C24H41N. The van der Waals surface area contributed by atoms with Crippen molar-refractivity contribution in [2.45, 2.75) is 110 Å². The van der Waals surface area contributed by atoms with Crippen molar-refractivity contribution in [1.29, 1.82) is 5.26 Å². The van der Waals surface area contributed by atoms with Crippen LogP contribution in [0.5, 0.6) is 0 Å². The minimum absolute atomic E-state index is 0.929. The van der Waals surface area contributed by atoms with E-state index in [-0.39, 0.29) is 0 Å². The van der Waals surface area contributed by atoms with Crippen LogP contribution in [-0.4, -0.2) is 0 Å². The molecule has 0 aromatic rings. The molecule has 0 radical (unpaired) electrons. The van der Waals surface area contributed by atoms with E-state index in [0.29, 0.717) is 0 Å². The molecule has 0 heterocycles. The maximum absolute atomic E-state index is 8.53. The van der Waals surface area contributed by atoms with E-state index in [9.17, 15) is 0 Å². The van der Waals surface area contributed by atoms with Crippen LogP contribution in [0.2, 0.25) is 0 Å². The number of hydrogen-bond donors (Lipinski definition) is 0. The van der Waals surface area contributed by atoms with Gasteiger partial charge in [-0.2, -0.15) is 5.26 Å². The molecule has 1 nitrogen and oxygen atoms in total. The van der Waals surface area contributed by atoms with Gasteiger partial charge in [-0.25, -0.2) is 0 Å². The van der Waals surface area contributed by atoms with Gasteiger partial charge in [-0.3, -0.25) is 0 Å². The van der Waals surface area contributed by atoms with Gasteiger partial charge < -0.3 is 0 Å². The first-order valence-corrected chi connectivity index (χ1v) is 11.4. The zero-order valence-corrected chi connectivity index (χ0v) is 16.7. The zero-order chi connectivity index (χ0) is 17.7. The molecule has 0 N–H and O–H groups in total. The smallest absolute Gasteiger partial charge is 0.0908 e. The predicted molar refractivity (Wildman–Crippen MR) is 108 cm³/mol. The fourth-order valence-electron chi connectivity index (χ4n) is 5.24. The Morgan fingerprint density at radius 3 is 1.68 bits per heavy atom. The van der Waals surface area contributed by atoms with Gasteiger partial charge in [0.05, 0.1) is 6.07 Å². The lowest BCUT2D eigenvalue weighted by molar-refractivity contribution is 0.209. The highest BCUT2D eigenvalue weighted by molar-refractivity contribution is 5.01. The van der Waals surface area contributed by atoms with Gasteiger partial charge in [0.1, 0.15) is 0 Å². The number of hydrogen-bond acceptors (Lipinski definition) is 1. The topological polar surface area (TPSA) is 23.8 Å². The average Bonchev–Trinajstić information content (AvgIpc) is 2.66. The quantitative estimate of drug-likeness (QED) is 0.293. The van der Waals surface area contributed by atoms with E-state index < -0.39 is 0 Å². The molecule has 2 fully saturated rings. The molecule has 2 saturated carbocycles. The molecule has 1 heteroatoms. The monoisotopic (exact) mass is 343 g/mol. The van der Waals surface area contributed by atoms with Gasteiger partial charge in [0.25, 0.3) is 0 Å². The highest BCUT2D eigenvalue weighted by Crippen LogP contribution is 2.38. The highest BCUT2D eigenvalue weighted by atomic mass is 14.3. The minimum atomic E-state index is 0.929. The van der Waals surface area contributed by atoms with Gasteiger partial charge in [0.2, 0.25) is 0 Å². The van der Waals surface area contributed by atoms with Crippen molar-refractivity contribution < 1.29 is 0 Å². The molecular weight excluding hydrogens is 302 g/mol. The van der Waals surface area contributed by atoms with Gasteiger partial charge in [-0.15, -0.1) is 0 Å². The second-order valence-electron chi connectivity index (χ2n) is 8.96. The lowest BCUT2D eigenvalue weighted by Gasteiger charge is -2.32. The molecule has 0 spiro atoms. The molecule has 0 amide bonds. The highest BCUT2D eigenvalue weighted by Gasteiger charge is 2.24. The molecule has 142 valence electrons. The van der Waals surface area contributed by atoms with Gasteiger partial charge in [-0.1, -0.05) is 103 Å². The number of nitrogens with zero attached hydrogens (tertiary/aromatic N) is 1. The Balaban J connectivity index is 1.51. The first-order valence-electron chi connectivity index (χ1n) is 11.4. The fourth-order valence-corrected chi connectivity index (χ4v) is 5.24. The third-order valence-corrected chi connectivity index (χ3v) is 7.07. The largest absolute Gasteiger partial charge is 0.193 e. The van der Waals surface area contributed by atoms with Crippen LogP contribution in [0.3, 0.4) is 0 Å². The standard InChI is InChI=1S/C24H41N/c1-2-3-5-8-21-10-14-23(15-11-21)18-19-24-16-12-22(13-17-24)9-6-4-7-20-25/h4,7,21-24H,2-3,5-6,8-19H2,1H3/t21-,22-,23-,24-. The Hall–Kier alpha value is -0.770. The second-order valence-corrected chi connectivity index (χ2v) is 8.96. The van der Waals surface area contributed by atoms with E-state index in [1.807, 2.05) is 6.08 Å². The summed E-state index contributed by atoms with van der Waals surface area (Å²) in [6, 6.07) is 2.09. The molecule has 0 bridgehead atoms. The summed E-state index contributed by atoms with van der Waals surface area (Å²) >= 11 is 0. The van der Waals surface area contributed by atoms with Crippen LogP contribution in [0.1, 0.15) is 110 Å². The molecule has 0 aliphatic heterocycles. The molecule has 0 aromatic carbocycles. The van der Waals surface area contributed by atoms with Crippen LogP contribution in [0, 0.1) is 35.0 Å². The summed E-state index contributed by atoms with van der Waals surface area (Å²) in [5.74, 6) is 4.07. The molecule has 25 heavy (non-hydrogen) atoms. The van der Waals surface area contributed by atoms with E-state index in [0.717, 1.165) is 30.1 Å². The SMILES string of the molecule is CCCCC[C@H]1CC[C@H](CC[C@H]2CC[C@H](CCC=CC#N)CC2)CC1. The van der Waals surface area contributed by atoms with Gasteiger partial charge in [0, 0.05) is 6.08 Å². The Morgan fingerprint density at radius 2 is 1.20 bits per heavy atom. The predicted octanol–water partition coefficient (Wildman–Crippen LogP) is 7.82. The molecule has 2 rings (SSSR count). The Labute approximate surface area is 157 Å². The maximum atomic E-state index is 8.53. The molecule has 0 saturated heterocycles. The Kier molecular flexibility index (Phi) is 10.3. The average molecular weight is 344 g/mol.